The summed E-state index contributed by atoms with van der Waals surface area (Å²) in [6, 6.07) is 11.0. The Morgan fingerprint density at radius 2 is 2.03 bits per heavy atom. The van der Waals surface area contributed by atoms with E-state index in [9.17, 15) is 26.7 Å². The van der Waals surface area contributed by atoms with Crippen LogP contribution < -0.4 is 4.31 Å². The molecule has 3 aromatic heterocycles. The summed E-state index contributed by atoms with van der Waals surface area (Å²) in [5.74, 6) is -2.76. The number of alkyl halides is 3. The number of likely N-dealkylation sites (tertiary alicyclic amines) is 1. The fourth-order valence-electron chi connectivity index (χ4n) is 3.87. The van der Waals surface area contributed by atoms with Crippen LogP contribution in [0.25, 0.3) is 21.6 Å². The van der Waals surface area contributed by atoms with Crippen LogP contribution >= 0.6 is 22.7 Å². The smallest absolute Gasteiger partial charge is 0.475 e. The second-order valence-corrected chi connectivity index (χ2v) is 12.7. The number of halogens is 3. The number of aliphatic carboxylic acids is 1. The van der Waals surface area contributed by atoms with E-state index in [2.05, 4.69) is 14.9 Å². The van der Waals surface area contributed by atoms with Gasteiger partial charge in [-0.15, -0.1) is 22.7 Å². The van der Waals surface area contributed by atoms with Gasteiger partial charge in [0.25, 0.3) is 10.0 Å². The lowest BCUT2D eigenvalue weighted by molar-refractivity contribution is -0.192. The fourth-order valence-corrected chi connectivity index (χ4v) is 7.17. The number of carboxylic acid groups (broad SMARTS) is 1. The molecule has 1 saturated heterocycles. The van der Waals surface area contributed by atoms with E-state index in [1.807, 2.05) is 24.4 Å². The van der Waals surface area contributed by atoms with Crippen molar-refractivity contribution in [2.24, 2.45) is 0 Å². The Morgan fingerprint density at radius 1 is 1.29 bits per heavy atom. The monoisotopic (exact) mass is 588 g/mol. The molecule has 0 saturated carbocycles. The molecular weight excluding hydrogens is 565 g/mol. The molecule has 204 valence electrons. The number of aliphatic hydroxyl groups excluding tert-OH is 1. The van der Waals surface area contributed by atoms with Crippen LogP contribution in [-0.2, 0) is 21.4 Å². The first-order chi connectivity index (χ1) is 17.9. The van der Waals surface area contributed by atoms with Gasteiger partial charge in [0.15, 0.2) is 0 Å². The van der Waals surface area contributed by atoms with Gasteiger partial charge < -0.3 is 15.2 Å². The zero-order valence-corrected chi connectivity index (χ0v) is 22.3. The molecule has 0 spiro atoms. The predicted octanol–water partition coefficient (Wildman–Crippen LogP) is 4.38. The molecule has 0 amide bonds. The predicted molar refractivity (Wildman–Crippen MR) is 139 cm³/mol. The van der Waals surface area contributed by atoms with Gasteiger partial charge in [-0.25, -0.2) is 18.2 Å². The lowest BCUT2D eigenvalue weighted by Gasteiger charge is -2.19. The lowest BCUT2D eigenvalue weighted by atomic mass is 10.2. The summed E-state index contributed by atoms with van der Waals surface area (Å²) in [4.78, 5) is 20.2. The SMILES string of the molecule is CN(c1cccc2cc(-c3ncc(CN4CCC(O)C4)s3)[nH]c12)S(=O)(=O)c1cccs1.O=C(O)C(F)(F)F. The number of sulfonamides is 1. The maximum absolute atomic E-state index is 13.0. The summed E-state index contributed by atoms with van der Waals surface area (Å²) >= 11 is 2.82. The first kappa shape index (κ1) is 28.0. The number of H-pyrrole nitrogens is 1. The number of thiophene rings is 1. The minimum Gasteiger partial charge on any atom is -0.475 e. The number of β-amino-alcohol motifs (C(OH)–C–C–N with tert-alkyl or cyclic N) is 1. The molecule has 3 N–H and O–H groups in total. The average Bonchev–Trinajstić information content (AvgIpc) is 3.64. The first-order valence-electron chi connectivity index (χ1n) is 11.2. The number of aliphatic hydroxyl groups is 1. The standard InChI is InChI=1S/C21H22N4O3S3.C2HF3O2/c1-24(31(27,28)19-6-3-9-29-19)18-5-2-4-14-10-17(23-20(14)18)21-22-11-16(30-21)13-25-8-7-15(26)12-25;3-2(4,5)1(6)7/h2-6,9-11,15,23,26H,7-8,12-13H2,1H3;(H,6,7). The molecule has 1 aliphatic heterocycles. The van der Waals surface area contributed by atoms with Crippen molar-refractivity contribution in [3.05, 3.63) is 52.9 Å². The minimum atomic E-state index is -5.08. The van der Waals surface area contributed by atoms with E-state index in [0.29, 0.717) is 16.4 Å². The van der Waals surface area contributed by atoms with Crippen LogP contribution in [0.1, 0.15) is 11.3 Å². The number of benzene rings is 1. The van der Waals surface area contributed by atoms with E-state index in [4.69, 9.17) is 9.90 Å². The number of carbonyl (C=O) groups is 1. The van der Waals surface area contributed by atoms with Crippen LogP contribution in [0.4, 0.5) is 18.9 Å². The van der Waals surface area contributed by atoms with Crippen LogP contribution in [0, 0.1) is 0 Å². The zero-order valence-electron chi connectivity index (χ0n) is 19.8. The van der Waals surface area contributed by atoms with E-state index in [0.717, 1.165) is 46.0 Å². The number of anilines is 1. The topological polar surface area (TPSA) is 127 Å². The van der Waals surface area contributed by atoms with Gasteiger partial charge in [0.1, 0.15) is 9.22 Å². The average molecular weight is 589 g/mol. The molecule has 15 heteroatoms. The number of fused-ring (bicyclic) bond motifs is 1. The van der Waals surface area contributed by atoms with Crippen molar-refractivity contribution in [3.8, 4) is 10.7 Å². The minimum absolute atomic E-state index is 0.234. The van der Waals surface area contributed by atoms with Gasteiger partial charge in [-0.1, -0.05) is 18.2 Å². The summed E-state index contributed by atoms with van der Waals surface area (Å²) < 4.78 is 59.4. The number of rotatable bonds is 6. The van der Waals surface area contributed by atoms with Crippen LogP contribution in [0.5, 0.6) is 0 Å². The van der Waals surface area contributed by atoms with Crippen LogP contribution in [-0.4, -0.2) is 71.9 Å². The lowest BCUT2D eigenvalue weighted by Crippen LogP contribution is -2.26. The quantitative estimate of drug-likeness (QED) is 0.305. The van der Waals surface area contributed by atoms with E-state index < -0.39 is 22.2 Å². The largest absolute Gasteiger partial charge is 0.490 e. The van der Waals surface area contributed by atoms with E-state index in [1.54, 1.807) is 42.0 Å². The Morgan fingerprint density at radius 3 is 2.63 bits per heavy atom. The van der Waals surface area contributed by atoms with Gasteiger partial charge in [0.2, 0.25) is 0 Å². The highest BCUT2D eigenvalue weighted by atomic mass is 32.2. The van der Waals surface area contributed by atoms with Crippen molar-refractivity contribution < 1.29 is 36.6 Å². The molecule has 9 nitrogen and oxygen atoms in total. The third kappa shape index (κ3) is 6.18. The van der Waals surface area contributed by atoms with Crippen molar-refractivity contribution in [1.82, 2.24) is 14.9 Å². The number of aromatic nitrogens is 2. The van der Waals surface area contributed by atoms with Gasteiger partial charge in [-0.3, -0.25) is 9.21 Å². The molecule has 1 unspecified atom stereocenters. The van der Waals surface area contributed by atoms with Crippen molar-refractivity contribution in [3.63, 3.8) is 0 Å². The maximum atomic E-state index is 13.0. The van der Waals surface area contributed by atoms with Gasteiger partial charge >= 0.3 is 12.1 Å². The molecule has 4 aromatic rings. The van der Waals surface area contributed by atoms with Gasteiger partial charge in [-0.2, -0.15) is 13.2 Å². The molecule has 1 aromatic carbocycles. The summed E-state index contributed by atoms with van der Waals surface area (Å²) in [6.07, 6.45) is -2.62. The number of thiazole rings is 1. The molecule has 0 aliphatic carbocycles. The normalized spacial score (nSPS) is 16.4. The van der Waals surface area contributed by atoms with Gasteiger partial charge in [0.05, 0.1) is 23.0 Å². The third-order valence-electron chi connectivity index (χ3n) is 5.74. The third-order valence-corrected chi connectivity index (χ3v) is 9.90. The summed E-state index contributed by atoms with van der Waals surface area (Å²) in [6.45, 7) is 2.38. The number of nitrogens with one attached hydrogen (secondary N) is 1. The molecular formula is C23H23F3N4O5S3. The number of hydrogen-bond acceptors (Lipinski definition) is 8. The molecule has 5 rings (SSSR count). The Labute approximate surface area is 223 Å². The molecule has 38 heavy (non-hydrogen) atoms. The maximum Gasteiger partial charge on any atom is 0.490 e. The zero-order chi connectivity index (χ0) is 27.7. The Bertz CT molecular complexity index is 1520. The number of nitrogens with zero attached hydrogens (tertiary/aromatic N) is 3. The second kappa shape index (κ2) is 11.0. The molecule has 0 bridgehead atoms. The Balaban J connectivity index is 0.000000426. The Hall–Kier alpha value is -2.98. The van der Waals surface area contributed by atoms with Crippen molar-refractivity contribution in [1.29, 1.82) is 0 Å². The van der Waals surface area contributed by atoms with Crippen molar-refractivity contribution >= 4 is 55.3 Å². The first-order valence-corrected chi connectivity index (χ1v) is 14.3. The summed E-state index contributed by atoms with van der Waals surface area (Å²) in [7, 11) is -2.04. The highest BCUT2D eigenvalue weighted by Crippen LogP contribution is 2.35. The fraction of sp³-hybridized carbons (Fsp3) is 0.304. The molecule has 1 aliphatic rings. The van der Waals surface area contributed by atoms with Gasteiger partial charge in [-0.05, 0) is 30.0 Å². The number of hydrogen-bond donors (Lipinski definition) is 3. The Kier molecular flexibility index (Phi) is 8.13. The van der Waals surface area contributed by atoms with E-state index in [1.165, 1.54) is 15.6 Å². The second-order valence-electron chi connectivity index (χ2n) is 8.44. The summed E-state index contributed by atoms with van der Waals surface area (Å²) in [5, 5.41) is 20.4. The van der Waals surface area contributed by atoms with Crippen LogP contribution in [0.15, 0.2) is 52.2 Å². The number of aromatic amines is 1. The summed E-state index contributed by atoms with van der Waals surface area (Å²) in [5.41, 5.74) is 2.22. The van der Waals surface area contributed by atoms with Crippen molar-refractivity contribution in [2.45, 2.75) is 29.5 Å². The molecule has 4 heterocycles. The van der Waals surface area contributed by atoms with Crippen molar-refractivity contribution in [2.75, 3.05) is 24.4 Å². The van der Waals surface area contributed by atoms with Crippen LogP contribution in [0.2, 0.25) is 0 Å². The van der Waals surface area contributed by atoms with E-state index in [-0.39, 0.29) is 6.10 Å². The highest BCUT2D eigenvalue weighted by molar-refractivity contribution is 7.94. The molecule has 1 fully saturated rings. The molecule has 1 atom stereocenters. The van der Waals surface area contributed by atoms with Crippen LogP contribution in [0.3, 0.4) is 0 Å². The number of carboxylic acids is 1. The highest BCUT2D eigenvalue weighted by Gasteiger charge is 2.38. The van der Waals surface area contributed by atoms with Gasteiger partial charge in [0, 0.05) is 43.1 Å². The molecule has 0 radical (unpaired) electrons. The number of para-hydroxylation sites is 1. The van der Waals surface area contributed by atoms with E-state index >= 15 is 0 Å².